The zero-order valence-corrected chi connectivity index (χ0v) is 18.1. The Hall–Kier alpha value is -3.19. The van der Waals surface area contributed by atoms with E-state index in [1.807, 2.05) is 30.2 Å². The third-order valence-corrected chi connectivity index (χ3v) is 6.47. The number of nitro groups is 1. The zero-order chi connectivity index (χ0) is 22.0. The molecule has 1 saturated heterocycles. The van der Waals surface area contributed by atoms with Gasteiger partial charge < -0.3 is 14.8 Å². The maximum atomic E-state index is 13.2. The number of piperazine rings is 1. The van der Waals surface area contributed by atoms with Crippen LogP contribution in [0.25, 0.3) is 10.9 Å². The number of H-pyrrole nitrogens is 1. The standard InChI is InChI=1S/C24H28N4O3/c1-3-26-10-12-27(13-11-26)24(29)15-20(18-6-4-17(2)5-7-18)22-16-25-23-9-8-19(28(30)31)14-21(22)23/h4-9,14,16,20,25H,3,10-13,15H2,1-2H3/p+1/t20-/m1/s1. The van der Waals surface area contributed by atoms with Crippen LogP contribution in [0.1, 0.15) is 36.0 Å². The van der Waals surface area contributed by atoms with E-state index < -0.39 is 0 Å². The van der Waals surface area contributed by atoms with E-state index in [1.54, 1.807) is 12.1 Å². The number of non-ortho nitro benzene ring substituents is 1. The van der Waals surface area contributed by atoms with Gasteiger partial charge in [-0.2, -0.15) is 0 Å². The first-order valence-electron chi connectivity index (χ1n) is 10.9. The van der Waals surface area contributed by atoms with Crippen molar-refractivity contribution in [2.75, 3.05) is 32.7 Å². The van der Waals surface area contributed by atoms with Crippen LogP contribution in [0.15, 0.2) is 48.7 Å². The molecule has 0 radical (unpaired) electrons. The number of nitrogens with one attached hydrogen (secondary N) is 2. The molecule has 0 saturated carbocycles. The molecule has 7 nitrogen and oxygen atoms in total. The number of likely N-dealkylation sites (N-methyl/N-ethyl adjacent to an activating group) is 1. The van der Waals surface area contributed by atoms with Crippen LogP contribution in [0.5, 0.6) is 0 Å². The fourth-order valence-electron chi connectivity index (χ4n) is 4.47. The van der Waals surface area contributed by atoms with E-state index in [2.05, 4.69) is 24.0 Å². The predicted octanol–water partition coefficient (Wildman–Crippen LogP) is 2.65. The molecule has 1 amide bonds. The van der Waals surface area contributed by atoms with E-state index in [-0.39, 0.29) is 22.4 Å². The number of benzene rings is 2. The number of amides is 1. The van der Waals surface area contributed by atoms with E-state index in [0.29, 0.717) is 6.42 Å². The lowest BCUT2D eigenvalue weighted by molar-refractivity contribution is -0.902. The average molecular weight is 422 g/mol. The molecule has 1 aromatic heterocycles. The van der Waals surface area contributed by atoms with Crippen molar-refractivity contribution < 1.29 is 14.6 Å². The van der Waals surface area contributed by atoms with Crippen LogP contribution in [0, 0.1) is 17.0 Å². The minimum absolute atomic E-state index is 0.0565. The number of rotatable bonds is 6. The quantitative estimate of drug-likeness (QED) is 0.474. The first-order valence-corrected chi connectivity index (χ1v) is 10.9. The highest BCUT2D eigenvalue weighted by atomic mass is 16.6. The van der Waals surface area contributed by atoms with Crippen LogP contribution in [-0.4, -0.2) is 53.4 Å². The molecule has 0 spiro atoms. The Labute approximate surface area is 181 Å². The summed E-state index contributed by atoms with van der Waals surface area (Å²) in [5.41, 5.74) is 4.02. The number of quaternary nitrogens is 1. The number of nitrogens with zero attached hydrogens (tertiary/aromatic N) is 2. The highest BCUT2D eigenvalue weighted by Gasteiger charge is 2.28. The summed E-state index contributed by atoms with van der Waals surface area (Å²) in [4.78, 5) is 30.9. The van der Waals surface area contributed by atoms with Gasteiger partial charge in [0.25, 0.3) is 5.69 Å². The molecule has 2 heterocycles. The molecule has 3 aromatic rings. The maximum Gasteiger partial charge on any atom is 0.270 e. The molecule has 0 bridgehead atoms. The van der Waals surface area contributed by atoms with Crippen molar-refractivity contribution >= 4 is 22.5 Å². The lowest BCUT2D eigenvalue weighted by Gasteiger charge is -2.32. The summed E-state index contributed by atoms with van der Waals surface area (Å²) in [5, 5.41) is 12.1. The molecule has 0 aliphatic carbocycles. The number of carbonyl (C=O) groups excluding carboxylic acids is 1. The minimum atomic E-state index is -0.377. The molecule has 1 atom stereocenters. The fraction of sp³-hybridized carbons (Fsp3) is 0.375. The van der Waals surface area contributed by atoms with E-state index in [4.69, 9.17) is 0 Å². The molecule has 1 aliphatic heterocycles. The van der Waals surface area contributed by atoms with Crippen LogP contribution in [-0.2, 0) is 4.79 Å². The topological polar surface area (TPSA) is 83.7 Å². The minimum Gasteiger partial charge on any atom is -0.361 e. The van der Waals surface area contributed by atoms with Crippen molar-refractivity contribution in [1.29, 1.82) is 0 Å². The van der Waals surface area contributed by atoms with Gasteiger partial charge in [-0.15, -0.1) is 0 Å². The second kappa shape index (κ2) is 8.89. The Bertz CT molecular complexity index is 1080. The first-order chi connectivity index (χ1) is 15.0. The number of fused-ring (bicyclic) bond motifs is 1. The number of hydrogen-bond acceptors (Lipinski definition) is 3. The molecular formula is C24H29N4O3+. The van der Waals surface area contributed by atoms with Gasteiger partial charge in [0.1, 0.15) is 0 Å². The Balaban J connectivity index is 1.68. The monoisotopic (exact) mass is 421 g/mol. The summed E-state index contributed by atoms with van der Waals surface area (Å²) in [6.07, 6.45) is 2.24. The summed E-state index contributed by atoms with van der Waals surface area (Å²) in [5.74, 6) is -0.0269. The Morgan fingerprint density at radius 2 is 1.90 bits per heavy atom. The largest absolute Gasteiger partial charge is 0.361 e. The molecule has 0 unspecified atom stereocenters. The first kappa shape index (κ1) is 21.1. The molecule has 2 N–H and O–H groups in total. The maximum absolute atomic E-state index is 13.2. The van der Waals surface area contributed by atoms with Gasteiger partial charge in [-0.25, -0.2) is 0 Å². The Kier molecular flexibility index (Phi) is 6.04. The molecule has 2 aromatic carbocycles. The van der Waals surface area contributed by atoms with Crippen molar-refractivity contribution in [3.8, 4) is 0 Å². The molecule has 4 rings (SSSR count). The van der Waals surface area contributed by atoms with Crippen LogP contribution in [0.2, 0.25) is 0 Å². The molecular weight excluding hydrogens is 392 g/mol. The van der Waals surface area contributed by atoms with Gasteiger partial charge in [-0.3, -0.25) is 14.9 Å². The SMILES string of the molecule is CC[NH+]1CCN(C(=O)C[C@H](c2ccc(C)cc2)c2c[nH]c3ccc([N+](=O)[O-])cc23)CC1. The van der Waals surface area contributed by atoms with Gasteiger partial charge in [0.2, 0.25) is 5.91 Å². The number of aromatic amines is 1. The van der Waals surface area contributed by atoms with Crippen LogP contribution in [0.4, 0.5) is 5.69 Å². The predicted molar refractivity (Wildman–Crippen MR) is 120 cm³/mol. The number of hydrogen-bond donors (Lipinski definition) is 2. The summed E-state index contributed by atoms with van der Waals surface area (Å²) in [6, 6.07) is 13.1. The summed E-state index contributed by atoms with van der Waals surface area (Å²) in [7, 11) is 0. The molecule has 7 heteroatoms. The summed E-state index contributed by atoms with van der Waals surface area (Å²) < 4.78 is 0. The normalized spacial score (nSPS) is 15.9. The van der Waals surface area contributed by atoms with Crippen LogP contribution >= 0.6 is 0 Å². The summed E-state index contributed by atoms with van der Waals surface area (Å²) in [6.45, 7) is 8.82. The highest BCUT2D eigenvalue weighted by Crippen LogP contribution is 2.35. The van der Waals surface area contributed by atoms with Gasteiger partial charge >= 0.3 is 0 Å². The smallest absolute Gasteiger partial charge is 0.270 e. The molecule has 1 aliphatic rings. The van der Waals surface area contributed by atoms with Crippen LogP contribution in [0.3, 0.4) is 0 Å². The van der Waals surface area contributed by atoms with Crippen LogP contribution < -0.4 is 4.90 Å². The number of aromatic nitrogens is 1. The van der Waals surface area contributed by atoms with Gasteiger partial charge in [0.15, 0.2) is 0 Å². The Morgan fingerprint density at radius 3 is 2.55 bits per heavy atom. The van der Waals surface area contributed by atoms with E-state index in [1.165, 1.54) is 11.0 Å². The lowest BCUT2D eigenvalue weighted by Crippen LogP contribution is -3.14. The van der Waals surface area contributed by atoms with Gasteiger partial charge in [-0.05, 0) is 31.0 Å². The number of aryl methyl sites for hydroxylation is 1. The van der Waals surface area contributed by atoms with E-state index >= 15 is 0 Å². The Morgan fingerprint density at radius 1 is 1.19 bits per heavy atom. The fourth-order valence-corrected chi connectivity index (χ4v) is 4.47. The lowest BCUT2D eigenvalue weighted by atomic mass is 9.87. The third kappa shape index (κ3) is 4.46. The second-order valence-corrected chi connectivity index (χ2v) is 8.38. The molecule has 31 heavy (non-hydrogen) atoms. The van der Waals surface area contributed by atoms with E-state index in [0.717, 1.165) is 60.3 Å². The highest BCUT2D eigenvalue weighted by molar-refractivity contribution is 5.87. The summed E-state index contributed by atoms with van der Waals surface area (Å²) >= 11 is 0. The average Bonchev–Trinajstić information content (AvgIpc) is 3.21. The number of carbonyl (C=O) groups is 1. The molecule has 162 valence electrons. The van der Waals surface area contributed by atoms with Crippen molar-refractivity contribution in [1.82, 2.24) is 9.88 Å². The second-order valence-electron chi connectivity index (χ2n) is 8.38. The molecule has 1 fully saturated rings. The van der Waals surface area contributed by atoms with Gasteiger partial charge in [0.05, 0.1) is 37.6 Å². The van der Waals surface area contributed by atoms with Crippen molar-refractivity contribution in [3.63, 3.8) is 0 Å². The van der Waals surface area contributed by atoms with Crippen molar-refractivity contribution in [3.05, 3.63) is 75.5 Å². The van der Waals surface area contributed by atoms with Crippen molar-refractivity contribution in [2.45, 2.75) is 26.2 Å². The number of nitro benzene ring substituents is 1. The van der Waals surface area contributed by atoms with Gasteiger partial charge in [0, 0.05) is 41.6 Å². The van der Waals surface area contributed by atoms with Gasteiger partial charge in [-0.1, -0.05) is 29.8 Å². The zero-order valence-electron chi connectivity index (χ0n) is 18.1. The van der Waals surface area contributed by atoms with E-state index in [9.17, 15) is 14.9 Å². The third-order valence-electron chi connectivity index (χ3n) is 6.47. The van der Waals surface area contributed by atoms with Crippen molar-refractivity contribution in [2.24, 2.45) is 0 Å².